The first-order valence-electron chi connectivity index (χ1n) is 6.53. The van der Waals surface area contributed by atoms with Gasteiger partial charge in [-0.1, -0.05) is 45.6 Å². The van der Waals surface area contributed by atoms with E-state index in [2.05, 4.69) is 20.8 Å². The standard InChI is InChI=1S/C14H26O2/c1-5-8-9-10-11-16-14(15)12(4)13(6-2)7-3/h5-11H2,1-4H3. The van der Waals surface area contributed by atoms with E-state index >= 15 is 0 Å². The molecule has 0 aromatic carbocycles. The average molecular weight is 226 g/mol. The number of hydrogen-bond acceptors (Lipinski definition) is 2. The number of hydrogen-bond donors (Lipinski definition) is 0. The maximum absolute atomic E-state index is 11.7. The van der Waals surface area contributed by atoms with Crippen LogP contribution in [0.4, 0.5) is 0 Å². The van der Waals surface area contributed by atoms with Gasteiger partial charge in [0.05, 0.1) is 6.61 Å². The van der Waals surface area contributed by atoms with Crippen LogP contribution in [0.5, 0.6) is 0 Å². The molecule has 0 heterocycles. The predicted molar refractivity (Wildman–Crippen MR) is 68.4 cm³/mol. The van der Waals surface area contributed by atoms with Gasteiger partial charge in [0.15, 0.2) is 0 Å². The van der Waals surface area contributed by atoms with Gasteiger partial charge in [0, 0.05) is 5.57 Å². The fourth-order valence-electron chi connectivity index (χ4n) is 1.73. The maximum atomic E-state index is 11.7. The Hall–Kier alpha value is -0.790. The van der Waals surface area contributed by atoms with Crippen LogP contribution in [0.15, 0.2) is 11.1 Å². The molecule has 0 amide bonds. The molecule has 2 nitrogen and oxygen atoms in total. The summed E-state index contributed by atoms with van der Waals surface area (Å²) >= 11 is 0. The minimum absolute atomic E-state index is 0.129. The number of unbranched alkanes of at least 4 members (excludes halogenated alkanes) is 3. The molecule has 0 saturated carbocycles. The number of carbonyl (C=O) groups excluding carboxylic acids is 1. The van der Waals surface area contributed by atoms with Crippen molar-refractivity contribution in [2.75, 3.05) is 6.61 Å². The normalized spacial score (nSPS) is 10.0. The molecule has 0 saturated heterocycles. The largest absolute Gasteiger partial charge is 0.462 e. The number of ether oxygens (including phenoxy) is 1. The fourth-order valence-corrected chi connectivity index (χ4v) is 1.73. The van der Waals surface area contributed by atoms with Crippen molar-refractivity contribution in [3.05, 3.63) is 11.1 Å². The molecule has 0 aliphatic heterocycles. The van der Waals surface area contributed by atoms with E-state index in [0.29, 0.717) is 6.61 Å². The Morgan fingerprint density at radius 3 is 2.12 bits per heavy atom. The molecule has 0 aliphatic rings. The molecule has 0 radical (unpaired) electrons. The van der Waals surface area contributed by atoms with Crippen LogP contribution in [0.3, 0.4) is 0 Å². The van der Waals surface area contributed by atoms with Crippen LogP contribution in [0.1, 0.15) is 66.2 Å². The summed E-state index contributed by atoms with van der Waals surface area (Å²) in [5.41, 5.74) is 2.01. The summed E-state index contributed by atoms with van der Waals surface area (Å²) < 4.78 is 5.24. The van der Waals surface area contributed by atoms with Crippen LogP contribution < -0.4 is 0 Å². The van der Waals surface area contributed by atoms with Crippen molar-refractivity contribution in [3.63, 3.8) is 0 Å². The highest BCUT2D eigenvalue weighted by Gasteiger charge is 2.09. The van der Waals surface area contributed by atoms with Crippen molar-refractivity contribution >= 4 is 5.97 Å². The zero-order chi connectivity index (χ0) is 12.4. The fraction of sp³-hybridized carbons (Fsp3) is 0.786. The summed E-state index contributed by atoms with van der Waals surface area (Å²) in [5.74, 6) is -0.129. The Morgan fingerprint density at radius 2 is 1.62 bits per heavy atom. The molecule has 16 heavy (non-hydrogen) atoms. The molecular weight excluding hydrogens is 200 g/mol. The smallest absolute Gasteiger partial charge is 0.333 e. The van der Waals surface area contributed by atoms with Crippen molar-refractivity contribution in [1.29, 1.82) is 0 Å². The zero-order valence-corrected chi connectivity index (χ0v) is 11.3. The van der Waals surface area contributed by atoms with Gasteiger partial charge >= 0.3 is 5.97 Å². The lowest BCUT2D eigenvalue weighted by Crippen LogP contribution is -2.09. The van der Waals surface area contributed by atoms with E-state index in [4.69, 9.17) is 4.74 Å². The quantitative estimate of drug-likeness (QED) is 0.351. The molecule has 0 bridgehead atoms. The summed E-state index contributed by atoms with van der Waals surface area (Å²) in [4.78, 5) is 11.7. The van der Waals surface area contributed by atoms with Gasteiger partial charge in [-0.3, -0.25) is 0 Å². The summed E-state index contributed by atoms with van der Waals surface area (Å²) in [6.07, 6.45) is 6.45. The second kappa shape index (κ2) is 9.44. The van der Waals surface area contributed by atoms with E-state index in [0.717, 1.165) is 31.3 Å². The Bertz CT molecular complexity index is 223. The first kappa shape index (κ1) is 15.2. The third-order valence-corrected chi connectivity index (χ3v) is 2.92. The summed E-state index contributed by atoms with van der Waals surface area (Å²) in [6.45, 7) is 8.77. The summed E-state index contributed by atoms with van der Waals surface area (Å²) in [5, 5.41) is 0. The molecule has 0 spiro atoms. The van der Waals surface area contributed by atoms with Gasteiger partial charge in [-0.2, -0.15) is 0 Å². The van der Waals surface area contributed by atoms with Gasteiger partial charge in [0.2, 0.25) is 0 Å². The van der Waals surface area contributed by atoms with Crippen molar-refractivity contribution in [3.8, 4) is 0 Å². The van der Waals surface area contributed by atoms with Crippen LogP contribution in [-0.2, 0) is 9.53 Å². The molecule has 0 rings (SSSR count). The first-order valence-corrected chi connectivity index (χ1v) is 6.53. The molecule has 2 heteroatoms. The highest BCUT2D eigenvalue weighted by molar-refractivity contribution is 5.88. The van der Waals surface area contributed by atoms with E-state index in [1.165, 1.54) is 18.4 Å². The highest BCUT2D eigenvalue weighted by atomic mass is 16.5. The van der Waals surface area contributed by atoms with Crippen molar-refractivity contribution in [2.45, 2.75) is 66.2 Å². The molecule has 0 aromatic rings. The molecule has 0 fully saturated rings. The van der Waals surface area contributed by atoms with E-state index in [1.807, 2.05) is 6.92 Å². The number of allylic oxidation sites excluding steroid dienone is 1. The third kappa shape index (κ3) is 5.94. The molecule has 0 atom stereocenters. The lowest BCUT2D eigenvalue weighted by atomic mass is 10.1. The van der Waals surface area contributed by atoms with E-state index in [1.54, 1.807) is 0 Å². The van der Waals surface area contributed by atoms with Crippen molar-refractivity contribution < 1.29 is 9.53 Å². The maximum Gasteiger partial charge on any atom is 0.333 e. The van der Waals surface area contributed by atoms with Crippen LogP contribution in [0.25, 0.3) is 0 Å². The molecular formula is C14H26O2. The van der Waals surface area contributed by atoms with Gasteiger partial charge in [0.25, 0.3) is 0 Å². The van der Waals surface area contributed by atoms with Crippen LogP contribution in [0, 0.1) is 0 Å². The lowest BCUT2D eigenvalue weighted by Gasteiger charge is -2.08. The van der Waals surface area contributed by atoms with Gasteiger partial charge in [-0.05, 0) is 26.2 Å². The molecule has 0 N–H and O–H groups in total. The van der Waals surface area contributed by atoms with Gasteiger partial charge < -0.3 is 4.74 Å². The first-order chi connectivity index (χ1) is 7.67. The topological polar surface area (TPSA) is 26.3 Å². The van der Waals surface area contributed by atoms with Gasteiger partial charge in [0.1, 0.15) is 0 Å². The van der Waals surface area contributed by atoms with Gasteiger partial charge in [-0.15, -0.1) is 0 Å². The van der Waals surface area contributed by atoms with E-state index in [-0.39, 0.29) is 5.97 Å². The zero-order valence-electron chi connectivity index (χ0n) is 11.3. The SMILES string of the molecule is CCCCCCOC(=O)C(C)=C(CC)CC. The lowest BCUT2D eigenvalue weighted by molar-refractivity contribution is -0.139. The summed E-state index contributed by atoms with van der Waals surface area (Å²) in [7, 11) is 0. The minimum Gasteiger partial charge on any atom is -0.462 e. The van der Waals surface area contributed by atoms with Crippen LogP contribution in [0.2, 0.25) is 0 Å². The molecule has 0 unspecified atom stereocenters. The second-order valence-corrected chi connectivity index (χ2v) is 4.13. The van der Waals surface area contributed by atoms with E-state index < -0.39 is 0 Å². The minimum atomic E-state index is -0.129. The Labute approximate surface area is 100 Å². The Morgan fingerprint density at radius 1 is 1.00 bits per heavy atom. The third-order valence-electron chi connectivity index (χ3n) is 2.92. The Kier molecular flexibility index (Phi) is 8.97. The summed E-state index contributed by atoms with van der Waals surface area (Å²) in [6, 6.07) is 0. The van der Waals surface area contributed by atoms with Crippen LogP contribution >= 0.6 is 0 Å². The highest BCUT2D eigenvalue weighted by Crippen LogP contribution is 2.13. The monoisotopic (exact) mass is 226 g/mol. The van der Waals surface area contributed by atoms with E-state index in [9.17, 15) is 4.79 Å². The molecule has 0 aromatic heterocycles. The molecule has 0 aliphatic carbocycles. The molecule has 94 valence electrons. The Balaban J connectivity index is 3.92. The average Bonchev–Trinajstić information content (AvgIpc) is 2.30. The van der Waals surface area contributed by atoms with Crippen LogP contribution in [-0.4, -0.2) is 12.6 Å². The number of carbonyl (C=O) groups is 1. The number of esters is 1. The number of rotatable bonds is 8. The van der Waals surface area contributed by atoms with Crippen molar-refractivity contribution in [2.24, 2.45) is 0 Å². The second-order valence-electron chi connectivity index (χ2n) is 4.13. The van der Waals surface area contributed by atoms with Gasteiger partial charge in [-0.25, -0.2) is 4.79 Å². The van der Waals surface area contributed by atoms with Crippen molar-refractivity contribution in [1.82, 2.24) is 0 Å². The predicted octanol–water partition coefficient (Wildman–Crippen LogP) is 4.25.